The largest absolute Gasteiger partial charge is 0.497 e. The number of carbonyl (C=O) groups is 1. The highest BCUT2D eigenvalue weighted by atomic mass is 32.2. The van der Waals surface area contributed by atoms with Crippen molar-refractivity contribution < 1.29 is 22.7 Å². The lowest BCUT2D eigenvalue weighted by Gasteiger charge is -2.42. The molecule has 3 aliphatic heterocycles. The van der Waals surface area contributed by atoms with Gasteiger partial charge >= 0.3 is 0 Å². The van der Waals surface area contributed by atoms with Gasteiger partial charge in [-0.25, -0.2) is 8.42 Å². The van der Waals surface area contributed by atoms with Gasteiger partial charge in [-0.3, -0.25) is 9.69 Å². The third-order valence-electron chi connectivity index (χ3n) is 8.57. The molecule has 1 amide bonds. The Balaban J connectivity index is 1.33. The molecule has 0 aromatic heterocycles. The SMILES string of the molecule is COc1cc(C)c(S(=O)(=O)N2[C@H](COCC(=O)N3CCN(C4CCN(C)CC4)CC3)CCC[C@@H]2C)c(C)c1. The molecule has 38 heavy (non-hydrogen) atoms. The molecule has 0 unspecified atom stereocenters. The number of hydrogen-bond donors (Lipinski definition) is 0. The summed E-state index contributed by atoms with van der Waals surface area (Å²) in [5.74, 6) is 0.643. The molecule has 0 radical (unpaired) electrons. The third-order valence-corrected chi connectivity index (χ3v) is 10.9. The van der Waals surface area contributed by atoms with Crippen LogP contribution < -0.4 is 4.74 Å². The lowest BCUT2D eigenvalue weighted by atomic mass is 10.0. The highest BCUT2D eigenvalue weighted by Crippen LogP contribution is 2.34. The molecule has 4 rings (SSSR count). The van der Waals surface area contributed by atoms with Crippen molar-refractivity contribution in [2.75, 3.05) is 66.6 Å². The molecule has 0 saturated carbocycles. The van der Waals surface area contributed by atoms with E-state index in [-0.39, 0.29) is 31.2 Å². The molecule has 3 fully saturated rings. The zero-order valence-electron chi connectivity index (χ0n) is 23.8. The number of methoxy groups -OCH3 is 1. The first-order valence-electron chi connectivity index (χ1n) is 14.1. The van der Waals surface area contributed by atoms with E-state index in [0.717, 1.165) is 58.5 Å². The smallest absolute Gasteiger partial charge is 0.248 e. The number of benzene rings is 1. The van der Waals surface area contributed by atoms with Crippen LogP contribution in [0.5, 0.6) is 5.75 Å². The van der Waals surface area contributed by atoms with E-state index in [1.807, 2.05) is 25.7 Å². The summed E-state index contributed by atoms with van der Waals surface area (Å²) in [7, 11) is 0.0155. The molecule has 2 atom stereocenters. The minimum atomic E-state index is -3.74. The molecule has 0 aliphatic carbocycles. The number of carbonyl (C=O) groups excluding carboxylic acids is 1. The van der Waals surface area contributed by atoms with Gasteiger partial charge in [-0.2, -0.15) is 4.31 Å². The average molecular weight is 551 g/mol. The number of ether oxygens (including phenoxy) is 2. The fourth-order valence-corrected chi connectivity index (χ4v) is 8.74. The van der Waals surface area contributed by atoms with E-state index in [0.29, 0.717) is 27.8 Å². The summed E-state index contributed by atoms with van der Waals surface area (Å²) in [5, 5.41) is 0. The summed E-state index contributed by atoms with van der Waals surface area (Å²) in [4.78, 5) is 20.1. The number of nitrogens with zero attached hydrogens (tertiary/aromatic N) is 4. The lowest BCUT2D eigenvalue weighted by Crippen LogP contribution is -2.54. The molecule has 3 saturated heterocycles. The summed E-state index contributed by atoms with van der Waals surface area (Å²) in [6.45, 7) is 11.4. The maximum Gasteiger partial charge on any atom is 0.248 e. The van der Waals surface area contributed by atoms with Crippen LogP contribution in [0, 0.1) is 13.8 Å². The second kappa shape index (κ2) is 12.6. The Morgan fingerprint density at radius 2 is 1.61 bits per heavy atom. The van der Waals surface area contributed by atoms with Gasteiger partial charge < -0.3 is 19.3 Å². The Morgan fingerprint density at radius 1 is 0.974 bits per heavy atom. The zero-order chi connectivity index (χ0) is 27.4. The minimum absolute atomic E-state index is 0.00636. The van der Waals surface area contributed by atoms with E-state index in [2.05, 4.69) is 16.8 Å². The van der Waals surface area contributed by atoms with Crippen LogP contribution in [0.4, 0.5) is 0 Å². The van der Waals surface area contributed by atoms with E-state index in [4.69, 9.17) is 9.47 Å². The number of aryl methyl sites for hydroxylation is 2. The van der Waals surface area contributed by atoms with E-state index >= 15 is 0 Å². The number of piperazine rings is 1. The topological polar surface area (TPSA) is 82.6 Å². The van der Waals surface area contributed by atoms with E-state index in [9.17, 15) is 13.2 Å². The first-order valence-corrected chi connectivity index (χ1v) is 15.5. The van der Waals surface area contributed by atoms with Crippen LogP contribution in [0.1, 0.15) is 50.2 Å². The van der Waals surface area contributed by atoms with Gasteiger partial charge in [0, 0.05) is 44.3 Å². The number of sulfonamides is 1. The molecule has 3 aliphatic rings. The summed E-state index contributed by atoms with van der Waals surface area (Å²) in [5.41, 5.74) is 1.35. The van der Waals surface area contributed by atoms with Crippen molar-refractivity contribution in [2.24, 2.45) is 0 Å². The number of likely N-dealkylation sites (tertiary alicyclic amines) is 1. The number of piperidine rings is 2. The highest BCUT2D eigenvalue weighted by Gasteiger charge is 2.39. The molecule has 0 N–H and O–H groups in total. The molecule has 10 heteroatoms. The van der Waals surface area contributed by atoms with Crippen LogP contribution >= 0.6 is 0 Å². The van der Waals surface area contributed by atoms with Crippen LogP contribution in [0.25, 0.3) is 0 Å². The number of hydrogen-bond acceptors (Lipinski definition) is 7. The molecule has 0 spiro atoms. The van der Waals surface area contributed by atoms with Crippen molar-refractivity contribution in [2.45, 2.75) is 75.9 Å². The Bertz CT molecular complexity index is 1040. The van der Waals surface area contributed by atoms with Crippen LogP contribution in [0.2, 0.25) is 0 Å². The molecule has 1 aromatic carbocycles. The van der Waals surface area contributed by atoms with Crippen LogP contribution in [-0.2, 0) is 19.6 Å². The van der Waals surface area contributed by atoms with E-state index in [1.165, 1.54) is 12.8 Å². The van der Waals surface area contributed by atoms with Crippen molar-refractivity contribution in [1.29, 1.82) is 0 Å². The van der Waals surface area contributed by atoms with Crippen molar-refractivity contribution in [1.82, 2.24) is 19.0 Å². The number of rotatable bonds is 8. The van der Waals surface area contributed by atoms with Crippen LogP contribution in [0.3, 0.4) is 0 Å². The molecule has 0 bridgehead atoms. The molecule has 1 aromatic rings. The fourth-order valence-electron chi connectivity index (χ4n) is 6.46. The zero-order valence-corrected chi connectivity index (χ0v) is 24.6. The first kappa shape index (κ1) is 29.3. The van der Waals surface area contributed by atoms with Gasteiger partial charge in [-0.05, 0) is 89.9 Å². The van der Waals surface area contributed by atoms with Crippen LogP contribution in [0.15, 0.2) is 17.0 Å². The van der Waals surface area contributed by atoms with Crippen LogP contribution in [-0.4, -0.2) is 118 Å². The predicted octanol–water partition coefficient (Wildman–Crippen LogP) is 2.50. The maximum atomic E-state index is 13.9. The van der Waals surface area contributed by atoms with Gasteiger partial charge in [0.2, 0.25) is 15.9 Å². The highest BCUT2D eigenvalue weighted by molar-refractivity contribution is 7.89. The molecular weight excluding hydrogens is 504 g/mol. The van der Waals surface area contributed by atoms with Crippen molar-refractivity contribution in [3.8, 4) is 5.75 Å². The molecule has 9 nitrogen and oxygen atoms in total. The standard InChI is InChI=1S/C28H46N4O5S/c1-21-17-26(36-5)18-22(2)28(21)38(34,35)32-23(3)7-6-8-25(32)19-37-20-27(33)31-15-13-30(14-16-31)24-9-11-29(4)12-10-24/h17-18,23-25H,6-16,19-20H2,1-5H3/t23-,25-/m0/s1. The lowest BCUT2D eigenvalue weighted by molar-refractivity contribution is -0.139. The quantitative estimate of drug-likeness (QED) is 0.492. The Labute approximate surface area is 229 Å². The monoisotopic (exact) mass is 550 g/mol. The molecular formula is C28H46N4O5S. The fraction of sp³-hybridized carbons (Fsp3) is 0.750. The van der Waals surface area contributed by atoms with Gasteiger partial charge in [0.25, 0.3) is 0 Å². The van der Waals surface area contributed by atoms with Gasteiger partial charge in [-0.15, -0.1) is 0 Å². The van der Waals surface area contributed by atoms with Gasteiger partial charge in [-0.1, -0.05) is 6.42 Å². The number of amides is 1. The van der Waals surface area contributed by atoms with Crippen molar-refractivity contribution in [3.05, 3.63) is 23.3 Å². The summed E-state index contributed by atoms with van der Waals surface area (Å²) < 4.78 is 40.7. The first-order chi connectivity index (χ1) is 18.1. The van der Waals surface area contributed by atoms with Gasteiger partial charge in [0.05, 0.1) is 18.6 Å². The molecule has 3 heterocycles. The average Bonchev–Trinajstić information content (AvgIpc) is 2.88. The summed E-state index contributed by atoms with van der Waals surface area (Å²) in [6, 6.07) is 3.74. The summed E-state index contributed by atoms with van der Waals surface area (Å²) in [6.07, 6.45) is 4.87. The minimum Gasteiger partial charge on any atom is -0.497 e. The maximum absolute atomic E-state index is 13.9. The molecule has 214 valence electrons. The third kappa shape index (κ3) is 6.53. The second-order valence-corrected chi connectivity index (χ2v) is 13.1. The Morgan fingerprint density at radius 3 is 2.21 bits per heavy atom. The Kier molecular flexibility index (Phi) is 9.73. The second-order valence-electron chi connectivity index (χ2n) is 11.3. The van der Waals surface area contributed by atoms with Crippen molar-refractivity contribution >= 4 is 15.9 Å². The normalized spacial score (nSPS) is 25.0. The van der Waals surface area contributed by atoms with Crippen molar-refractivity contribution in [3.63, 3.8) is 0 Å². The van der Waals surface area contributed by atoms with Gasteiger partial charge in [0.15, 0.2) is 0 Å². The Hall–Kier alpha value is -1.72. The van der Waals surface area contributed by atoms with E-state index in [1.54, 1.807) is 23.5 Å². The summed E-state index contributed by atoms with van der Waals surface area (Å²) >= 11 is 0. The predicted molar refractivity (Wildman–Crippen MR) is 148 cm³/mol. The van der Waals surface area contributed by atoms with Gasteiger partial charge in [0.1, 0.15) is 12.4 Å². The van der Waals surface area contributed by atoms with E-state index < -0.39 is 10.0 Å².